The summed E-state index contributed by atoms with van der Waals surface area (Å²) in [5.74, 6) is 1.02. The first-order chi connectivity index (χ1) is 9.49. The summed E-state index contributed by atoms with van der Waals surface area (Å²) in [5.41, 5.74) is 0. The summed E-state index contributed by atoms with van der Waals surface area (Å²) >= 11 is 1.17. The average molecular weight is 295 g/mol. The Morgan fingerprint density at radius 1 is 1.45 bits per heavy atom. The molecule has 0 aliphatic rings. The lowest BCUT2D eigenvalue weighted by atomic mass is 10.2. The maximum atomic E-state index is 10.7. The fraction of sp³-hybridized carbons (Fsp3) is 0.500. The lowest BCUT2D eigenvalue weighted by Crippen LogP contribution is -2.12. The lowest BCUT2D eigenvalue weighted by Gasteiger charge is -2.11. The number of hydrogen-bond donors (Lipinski definition) is 1. The van der Waals surface area contributed by atoms with Crippen LogP contribution in [0.25, 0.3) is 0 Å². The van der Waals surface area contributed by atoms with E-state index in [1.165, 1.54) is 11.8 Å². The molecule has 0 spiro atoms. The van der Waals surface area contributed by atoms with Crippen molar-refractivity contribution >= 4 is 17.7 Å². The van der Waals surface area contributed by atoms with Gasteiger partial charge in [0, 0.05) is 25.4 Å². The number of carboxylic acid groups (broad SMARTS) is 1. The molecule has 108 valence electrons. The average Bonchev–Trinajstić information content (AvgIpc) is 2.95. The molecule has 0 atom stereocenters. The summed E-state index contributed by atoms with van der Waals surface area (Å²) in [6.07, 6.45) is 3.61. The molecule has 0 bridgehead atoms. The van der Waals surface area contributed by atoms with Crippen molar-refractivity contribution in [1.29, 1.82) is 0 Å². The Morgan fingerprint density at radius 3 is 2.75 bits per heavy atom. The van der Waals surface area contributed by atoms with Gasteiger partial charge < -0.3 is 9.67 Å². The van der Waals surface area contributed by atoms with Gasteiger partial charge in [-0.25, -0.2) is 4.98 Å². The molecule has 0 saturated carbocycles. The summed E-state index contributed by atoms with van der Waals surface area (Å²) in [4.78, 5) is 15.0. The van der Waals surface area contributed by atoms with E-state index in [2.05, 4.69) is 15.2 Å². The van der Waals surface area contributed by atoms with Crippen LogP contribution in [0.5, 0.6) is 0 Å². The standard InChI is InChI=1S/C12H17N5O2S/c1-8(2)11-14-15-12(20-7-10(18)19)17(11)6-9-13-4-5-16(9)3/h4-5,8H,6-7H2,1-3H3,(H,18,19). The van der Waals surface area contributed by atoms with Gasteiger partial charge in [0.1, 0.15) is 11.6 Å². The van der Waals surface area contributed by atoms with Gasteiger partial charge in [0.05, 0.1) is 12.3 Å². The highest BCUT2D eigenvalue weighted by molar-refractivity contribution is 7.99. The summed E-state index contributed by atoms with van der Waals surface area (Å²) in [6.45, 7) is 4.60. The zero-order valence-corrected chi connectivity index (χ0v) is 12.5. The first-order valence-electron chi connectivity index (χ1n) is 6.23. The largest absolute Gasteiger partial charge is 0.481 e. The van der Waals surface area contributed by atoms with Crippen molar-refractivity contribution in [2.24, 2.45) is 7.05 Å². The number of thioether (sulfide) groups is 1. The van der Waals surface area contributed by atoms with E-state index in [1.807, 2.05) is 36.2 Å². The van der Waals surface area contributed by atoms with Crippen LogP contribution in [0.4, 0.5) is 0 Å². The molecule has 1 N–H and O–H groups in total. The molecule has 2 aromatic rings. The zero-order chi connectivity index (χ0) is 14.7. The Hall–Kier alpha value is -1.83. The van der Waals surface area contributed by atoms with Crippen molar-refractivity contribution in [3.8, 4) is 0 Å². The highest BCUT2D eigenvalue weighted by Gasteiger charge is 2.17. The van der Waals surface area contributed by atoms with E-state index in [0.717, 1.165) is 11.6 Å². The van der Waals surface area contributed by atoms with Gasteiger partial charge in [-0.3, -0.25) is 9.36 Å². The molecule has 2 rings (SSSR count). The number of aryl methyl sites for hydroxylation is 1. The minimum Gasteiger partial charge on any atom is -0.481 e. The van der Waals surface area contributed by atoms with Crippen LogP contribution in [-0.4, -0.2) is 41.1 Å². The van der Waals surface area contributed by atoms with Crippen LogP contribution in [0.1, 0.15) is 31.4 Å². The molecule has 7 nitrogen and oxygen atoms in total. The number of nitrogens with zero attached hydrogens (tertiary/aromatic N) is 5. The summed E-state index contributed by atoms with van der Waals surface area (Å²) in [5, 5.41) is 17.7. The SMILES string of the molecule is CC(C)c1nnc(SCC(=O)O)n1Cc1nccn1C. The first-order valence-corrected chi connectivity index (χ1v) is 7.21. The predicted octanol–water partition coefficient (Wildman–Crippen LogP) is 1.36. The molecule has 0 fully saturated rings. The number of carboxylic acids is 1. The van der Waals surface area contributed by atoms with Crippen molar-refractivity contribution in [1.82, 2.24) is 24.3 Å². The normalized spacial score (nSPS) is 11.2. The van der Waals surface area contributed by atoms with E-state index in [0.29, 0.717) is 11.7 Å². The van der Waals surface area contributed by atoms with Gasteiger partial charge in [0.2, 0.25) is 0 Å². The second-order valence-electron chi connectivity index (χ2n) is 4.72. The number of aromatic nitrogens is 5. The Balaban J connectivity index is 2.29. The molecule has 0 radical (unpaired) electrons. The smallest absolute Gasteiger partial charge is 0.313 e. The van der Waals surface area contributed by atoms with Crippen LogP contribution in [0.3, 0.4) is 0 Å². The number of carbonyl (C=O) groups is 1. The topological polar surface area (TPSA) is 85.8 Å². The number of aliphatic carboxylic acids is 1. The Bertz CT molecular complexity index is 605. The van der Waals surface area contributed by atoms with Crippen molar-refractivity contribution in [3.05, 3.63) is 24.0 Å². The minimum absolute atomic E-state index is 0.0310. The van der Waals surface area contributed by atoms with E-state index < -0.39 is 5.97 Å². The summed E-state index contributed by atoms with van der Waals surface area (Å²) in [6, 6.07) is 0. The lowest BCUT2D eigenvalue weighted by molar-refractivity contribution is -0.133. The molecular weight excluding hydrogens is 278 g/mol. The molecule has 2 aromatic heterocycles. The van der Waals surface area contributed by atoms with Gasteiger partial charge >= 0.3 is 5.97 Å². The molecule has 0 aliphatic carbocycles. The highest BCUT2D eigenvalue weighted by Crippen LogP contribution is 2.22. The van der Waals surface area contributed by atoms with Gasteiger partial charge in [-0.05, 0) is 0 Å². The number of hydrogen-bond acceptors (Lipinski definition) is 5. The van der Waals surface area contributed by atoms with Crippen LogP contribution in [0.2, 0.25) is 0 Å². The van der Waals surface area contributed by atoms with Crippen LogP contribution >= 0.6 is 11.8 Å². The van der Waals surface area contributed by atoms with Crippen molar-refractivity contribution < 1.29 is 9.90 Å². The zero-order valence-electron chi connectivity index (χ0n) is 11.6. The molecule has 0 aliphatic heterocycles. The van der Waals surface area contributed by atoms with Gasteiger partial charge in [0.15, 0.2) is 5.16 Å². The van der Waals surface area contributed by atoms with E-state index in [1.54, 1.807) is 6.20 Å². The molecular formula is C12H17N5O2S. The molecule has 20 heavy (non-hydrogen) atoms. The minimum atomic E-state index is -0.868. The Morgan fingerprint density at radius 2 is 2.20 bits per heavy atom. The quantitative estimate of drug-likeness (QED) is 0.810. The fourth-order valence-corrected chi connectivity index (χ4v) is 2.46. The van der Waals surface area contributed by atoms with Crippen LogP contribution < -0.4 is 0 Å². The van der Waals surface area contributed by atoms with E-state index in [9.17, 15) is 4.79 Å². The molecule has 8 heteroatoms. The molecule has 0 amide bonds. The van der Waals surface area contributed by atoms with Crippen LogP contribution in [-0.2, 0) is 18.4 Å². The van der Waals surface area contributed by atoms with Gasteiger partial charge in [0.25, 0.3) is 0 Å². The second kappa shape index (κ2) is 6.08. The van der Waals surface area contributed by atoms with Gasteiger partial charge in [-0.2, -0.15) is 0 Å². The van der Waals surface area contributed by atoms with E-state index in [-0.39, 0.29) is 11.7 Å². The van der Waals surface area contributed by atoms with Crippen molar-refractivity contribution in [2.45, 2.75) is 31.5 Å². The molecule has 0 unspecified atom stereocenters. The fourth-order valence-electron chi connectivity index (χ4n) is 1.80. The predicted molar refractivity (Wildman–Crippen MR) is 74.8 cm³/mol. The summed E-state index contributed by atoms with van der Waals surface area (Å²) < 4.78 is 3.86. The number of rotatable bonds is 6. The molecule has 2 heterocycles. The van der Waals surface area contributed by atoms with Gasteiger partial charge in [-0.1, -0.05) is 25.6 Å². The van der Waals surface area contributed by atoms with Crippen LogP contribution in [0, 0.1) is 0 Å². The Kier molecular flexibility index (Phi) is 4.43. The van der Waals surface area contributed by atoms with Crippen molar-refractivity contribution in [3.63, 3.8) is 0 Å². The monoisotopic (exact) mass is 295 g/mol. The third-order valence-electron chi connectivity index (χ3n) is 2.81. The van der Waals surface area contributed by atoms with E-state index in [4.69, 9.17) is 5.11 Å². The highest BCUT2D eigenvalue weighted by atomic mass is 32.2. The Labute approximate surface area is 121 Å². The maximum Gasteiger partial charge on any atom is 0.313 e. The van der Waals surface area contributed by atoms with E-state index >= 15 is 0 Å². The second-order valence-corrected chi connectivity index (χ2v) is 5.66. The summed E-state index contributed by atoms with van der Waals surface area (Å²) in [7, 11) is 1.92. The van der Waals surface area contributed by atoms with Crippen molar-refractivity contribution in [2.75, 3.05) is 5.75 Å². The number of imidazole rings is 1. The molecule has 0 aromatic carbocycles. The maximum absolute atomic E-state index is 10.7. The van der Waals surface area contributed by atoms with Crippen LogP contribution in [0.15, 0.2) is 17.6 Å². The third kappa shape index (κ3) is 3.19. The van der Waals surface area contributed by atoms with Gasteiger partial charge in [-0.15, -0.1) is 10.2 Å². The molecule has 0 saturated heterocycles. The third-order valence-corrected chi connectivity index (χ3v) is 3.76. The first kappa shape index (κ1) is 14.6.